The Morgan fingerprint density at radius 1 is 0.790 bits per heavy atom. The van der Waals surface area contributed by atoms with E-state index >= 15 is 0 Å². The molecule has 36 heteroatoms. The molecule has 6 heterocycles. The summed E-state index contributed by atoms with van der Waals surface area (Å²) in [6.07, 6.45) is -8.59. The number of nitrogens with zero attached hydrogens (tertiary/aromatic N) is 6. The molecule has 0 radical (unpaired) electrons. The maximum absolute atomic E-state index is 15.0. The zero-order chi connectivity index (χ0) is 72.3. The highest BCUT2D eigenvalue weighted by atomic mass is 32.3. The second-order valence-corrected chi connectivity index (χ2v) is 27.4. The molecule has 2 aromatic heterocycles. The van der Waals surface area contributed by atoms with E-state index in [0.29, 0.717) is 29.4 Å². The number of nitrogens with one attached hydrogen (secondary N) is 6. The molecule has 0 bridgehead atoms. The number of phenolic OH excluding ortho intramolecular Hbond substituents is 1. The van der Waals surface area contributed by atoms with E-state index in [1.807, 2.05) is 12.1 Å². The fourth-order valence-corrected chi connectivity index (χ4v) is 13.7. The molecule has 4 fully saturated rings. The normalized spacial score (nSPS) is 25.1. The summed E-state index contributed by atoms with van der Waals surface area (Å²) < 4.78 is 49.9. The van der Waals surface area contributed by atoms with Crippen molar-refractivity contribution in [3.63, 3.8) is 0 Å². The quantitative estimate of drug-likeness (QED) is 0.0221. The third kappa shape index (κ3) is 19.1. The Bertz CT molecular complexity index is 3750. The fraction of sp³-hybridized carbons (Fsp3) is 0.547. The number of aliphatic hydroxyl groups excluding tert-OH is 8. The molecule has 34 nitrogen and oxygen atoms in total. The van der Waals surface area contributed by atoms with Crippen LogP contribution in [0.2, 0.25) is 0 Å². The Morgan fingerprint density at radius 2 is 1.46 bits per heavy atom. The Morgan fingerprint density at radius 3 is 2.12 bits per heavy atom. The first-order valence-corrected chi connectivity index (χ1v) is 34.9. The highest BCUT2D eigenvalue weighted by Gasteiger charge is 2.50. The molecule has 16 N–H and O–H groups in total. The topological polar surface area (TPSA) is 496 Å². The summed E-state index contributed by atoms with van der Waals surface area (Å²) in [6.45, 7) is 2.53. The lowest BCUT2D eigenvalue weighted by molar-refractivity contribution is -0.147. The molecule has 0 saturated carbocycles. The molecular weight excluding hydrogens is 1350 g/mol. The van der Waals surface area contributed by atoms with E-state index < -0.39 is 207 Å². The molecule has 4 aliphatic rings. The van der Waals surface area contributed by atoms with Crippen LogP contribution in [-0.4, -0.2) is 283 Å². The molecule has 7 amide bonds. The van der Waals surface area contributed by atoms with Crippen LogP contribution in [-0.2, 0) is 55.1 Å². The van der Waals surface area contributed by atoms with Crippen LogP contribution in [0.4, 0.5) is 5.69 Å². The number of piperidine rings is 1. The number of carbonyl (C=O) groups is 7. The summed E-state index contributed by atoms with van der Waals surface area (Å²) in [5, 5.41) is 119. The predicted molar refractivity (Wildman–Crippen MR) is 355 cm³/mol. The summed E-state index contributed by atoms with van der Waals surface area (Å²) in [4.78, 5) is 112. The number of rotatable bonds is 23. The average Bonchev–Trinajstić information content (AvgIpc) is 1.63. The van der Waals surface area contributed by atoms with E-state index in [0.717, 1.165) is 83.5 Å². The minimum atomic E-state index is -5.25. The van der Waals surface area contributed by atoms with E-state index in [2.05, 4.69) is 53.1 Å². The second kappa shape index (κ2) is 34.1. The van der Waals surface area contributed by atoms with Gasteiger partial charge in [-0.15, -0.1) is 0 Å². The van der Waals surface area contributed by atoms with E-state index in [9.17, 15) is 92.5 Å². The van der Waals surface area contributed by atoms with Gasteiger partial charge in [0.25, 0.3) is 5.91 Å². The fourth-order valence-electron chi connectivity index (χ4n) is 12.5. The van der Waals surface area contributed by atoms with Crippen LogP contribution >= 0.6 is 11.3 Å². The van der Waals surface area contributed by atoms with Crippen molar-refractivity contribution in [2.45, 2.75) is 144 Å². The molecule has 4 aliphatic heterocycles. The van der Waals surface area contributed by atoms with Crippen LogP contribution in [0.3, 0.4) is 0 Å². The smallest absolute Gasteiger partial charge is 0.446 e. The van der Waals surface area contributed by atoms with Gasteiger partial charge in [-0.2, -0.15) is 13.5 Å². The minimum Gasteiger partial charge on any atom is -0.504 e. The number of aliphatic hydroxyl groups is 8. The van der Waals surface area contributed by atoms with Gasteiger partial charge in [-0.25, -0.2) is 9.50 Å². The number of aromatic nitrogens is 3. The highest BCUT2D eigenvalue weighted by molar-refractivity contribution is 7.81. The zero-order valence-corrected chi connectivity index (χ0v) is 56.6. The number of amides is 7. The molecule has 0 aliphatic carbocycles. The number of β-amino-alcohol motifs (C(OH)–C–C–N with tert-alkyl or cyclic N) is 1. The van der Waals surface area contributed by atoms with Crippen molar-refractivity contribution in [2.24, 2.45) is 5.92 Å². The van der Waals surface area contributed by atoms with Crippen LogP contribution in [0, 0.1) is 5.92 Å². The van der Waals surface area contributed by atoms with Crippen molar-refractivity contribution in [1.29, 1.82) is 0 Å². The maximum Gasteiger partial charge on any atom is 0.446 e. The lowest BCUT2D eigenvalue weighted by Crippen LogP contribution is -2.64. The number of benzene rings is 3. The summed E-state index contributed by atoms with van der Waals surface area (Å²) in [5.74, 6) is -10.8. The Hall–Kier alpha value is -8.08. The number of ether oxygens (including phenoxy) is 2. The van der Waals surface area contributed by atoms with E-state index in [4.69, 9.17) is 19.6 Å². The number of carbonyl (C=O) groups excluding carboxylic acids is 7. The van der Waals surface area contributed by atoms with Crippen molar-refractivity contribution in [1.82, 2.24) is 56.3 Å². The third-order valence-electron chi connectivity index (χ3n) is 18.0. The summed E-state index contributed by atoms with van der Waals surface area (Å²) in [5.41, 5.74) is 2.96. The summed E-state index contributed by atoms with van der Waals surface area (Å²) >= 11 is 1.37. The van der Waals surface area contributed by atoms with E-state index in [1.54, 1.807) is 30.0 Å². The van der Waals surface area contributed by atoms with Gasteiger partial charge in [0.1, 0.15) is 41.3 Å². The molecule has 3 aromatic carbocycles. The number of phenols is 1. The number of hydrogen-bond donors (Lipinski definition) is 16. The van der Waals surface area contributed by atoms with Gasteiger partial charge >= 0.3 is 10.4 Å². The molecule has 2 unspecified atom stereocenters. The first kappa shape index (κ1) is 76.1. The minimum absolute atomic E-state index is 0.00559. The molecule has 100 heavy (non-hydrogen) atoms. The summed E-state index contributed by atoms with van der Waals surface area (Å²) in [6, 6.07) is 4.44. The van der Waals surface area contributed by atoms with Crippen LogP contribution in [0.1, 0.15) is 68.3 Å². The van der Waals surface area contributed by atoms with Crippen LogP contribution in [0.15, 0.2) is 72.9 Å². The van der Waals surface area contributed by atoms with Crippen molar-refractivity contribution in [3.05, 3.63) is 84.1 Å². The molecule has 5 aromatic rings. The Kier molecular flexibility index (Phi) is 25.9. The van der Waals surface area contributed by atoms with Gasteiger partial charge < -0.3 is 106 Å². The monoisotopic (exact) mass is 1440 g/mol. The summed E-state index contributed by atoms with van der Waals surface area (Å²) in [7, 11) is -3.57. The SMILES string of the molecule is COCCCOC1CCN(c2ccc(-c3nn4cc(-c5ccc(C(=O)NC6C[C@@H](O)CNC(=O)[C@@H]7[C@@H](O)[C@@H](C)CN7C(=O)[C@H]([C@H](O)CCNC(CO)CO)NC(=O)[C@H]([C@H](O)Cc7ccc(O)c(OS(=O)(=O)O)c7)NC(=O)C7C[C@@H](O)CN7C(=O)[C@H]([C@@H](C)O)NC6=O)cc5)nc4s3)cc2)CC1. The van der Waals surface area contributed by atoms with Gasteiger partial charge in [0, 0.05) is 101 Å². The second-order valence-electron chi connectivity index (χ2n) is 25.4. The van der Waals surface area contributed by atoms with Gasteiger partial charge in [0.15, 0.2) is 11.5 Å². The maximum atomic E-state index is 15.0. The number of imidazole rings is 1. The number of aromatic hydroxyl groups is 1. The Labute approximate surface area is 578 Å². The molecule has 4 saturated heterocycles. The first-order valence-electron chi connectivity index (χ1n) is 32.7. The molecule has 0 spiro atoms. The molecule has 13 atom stereocenters. The van der Waals surface area contributed by atoms with Gasteiger partial charge in [-0.1, -0.05) is 36.5 Å². The first-order chi connectivity index (χ1) is 47.6. The third-order valence-corrected chi connectivity index (χ3v) is 19.3. The van der Waals surface area contributed by atoms with Crippen molar-refractivity contribution in [3.8, 4) is 33.3 Å². The number of fused-ring (bicyclic) bond motifs is 3. The zero-order valence-electron chi connectivity index (χ0n) is 55.0. The number of hydrogen-bond acceptors (Lipinski definition) is 26. The van der Waals surface area contributed by atoms with Crippen LogP contribution in [0.25, 0.3) is 26.8 Å². The number of anilines is 1. The lowest BCUT2D eigenvalue weighted by Gasteiger charge is -2.34. The largest absolute Gasteiger partial charge is 0.504 e. The van der Waals surface area contributed by atoms with Crippen LogP contribution < -0.4 is 41.0 Å². The van der Waals surface area contributed by atoms with Crippen molar-refractivity contribution in [2.75, 3.05) is 77.7 Å². The van der Waals surface area contributed by atoms with Crippen molar-refractivity contribution >= 4 is 73.7 Å². The van der Waals surface area contributed by atoms with Gasteiger partial charge in [0.2, 0.25) is 40.4 Å². The predicted octanol–water partition coefficient (Wildman–Crippen LogP) is -3.68. The molecular formula is C64H86N12O22S2. The van der Waals surface area contributed by atoms with Crippen molar-refractivity contribution < 1.29 is 106 Å². The lowest BCUT2D eigenvalue weighted by atomic mass is 9.98. The number of methoxy groups -OCH3 is 1. The van der Waals surface area contributed by atoms with Gasteiger partial charge in [-0.3, -0.25) is 38.1 Å². The molecule has 546 valence electrons. The van der Waals surface area contributed by atoms with Gasteiger partial charge in [0.05, 0.1) is 73.9 Å². The van der Waals surface area contributed by atoms with Crippen LogP contribution in [0.5, 0.6) is 11.5 Å². The molecule has 9 rings (SSSR count). The Balaban J connectivity index is 0.966. The van der Waals surface area contributed by atoms with E-state index in [1.165, 1.54) is 30.4 Å². The van der Waals surface area contributed by atoms with Gasteiger partial charge in [-0.05, 0) is 93.2 Å². The standard InChI is InChI=1S/C64H86N12O22S2/c1-33-28-75-54(55(33)85)60(90)66-27-41(80)25-44(67-56(86)37-8-6-36(7-9-37)45-30-76-64(68-45)99-61(72-76)38-10-12-40(13-11-38)73-19-16-43(17-20-73)97-22-4-21-96-3)57(87)69-51(34(2)79)62(91)74-29-42(81)26-46(74)58(88)70-52(49(84)23-35-5-14-47(82)50(24-35)98-100(93,94)95)59(89)71-53(63(75)92)48(83)15-18-65-39(31-77)32-78/h5-14,24,30,33-34,39,41-44,46,48-49,51-55,65,77-85H,4,15-23,25-29,31-32H2,1-3H3,(H,66,90)(H,67,86)(H,69,87)(H,70,88)(H,71,89)(H,93,94,95)/t33-,34+,41+,42+,44?,46?,48+,49+,51-,52-,53-,54-,55-/m0/s1. The average molecular weight is 1440 g/mol. The van der Waals surface area contributed by atoms with E-state index in [-0.39, 0.29) is 23.8 Å². The highest BCUT2D eigenvalue weighted by Crippen LogP contribution is 2.33.